The second-order valence-corrected chi connectivity index (χ2v) is 4.09. The Morgan fingerprint density at radius 1 is 1.32 bits per heavy atom. The number of ether oxygens (including phenoxy) is 1. The van der Waals surface area contributed by atoms with Crippen molar-refractivity contribution in [1.82, 2.24) is 9.78 Å². The lowest BCUT2D eigenvalue weighted by atomic mass is 10.2. The predicted octanol–water partition coefficient (Wildman–Crippen LogP) is 2.86. The van der Waals surface area contributed by atoms with Crippen LogP contribution in [-0.2, 0) is 13.2 Å². The molecule has 0 spiro atoms. The molecule has 1 heterocycles. The Balaban J connectivity index is 2.22. The van der Waals surface area contributed by atoms with E-state index in [1.165, 1.54) is 6.20 Å². The van der Waals surface area contributed by atoms with Crippen LogP contribution in [0.25, 0.3) is 0 Å². The molecule has 0 aliphatic carbocycles. The summed E-state index contributed by atoms with van der Waals surface area (Å²) < 4.78 is 34.1. The normalized spacial score (nSPS) is 10.7. The summed E-state index contributed by atoms with van der Waals surface area (Å²) in [6.07, 6.45) is 3.87. The van der Waals surface area contributed by atoms with Gasteiger partial charge >= 0.3 is 0 Å². The van der Waals surface area contributed by atoms with Gasteiger partial charge in [-0.15, -0.1) is 0 Å². The molecule has 19 heavy (non-hydrogen) atoms. The number of nitrogens with zero attached hydrogens (tertiary/aromatic N) is 2. The van der Waals surface area contributed by atoms with Crippen molar-refractivity contribution in [2.24, 2.45) is 0 Å². The average molecular weight is 268 g/mol. The van der Waals surface area contributed by atoms with Crippen LogP contribution in [0.2, 0.25) is 0 Å². The minimum Gasteiger partial charge on any atom is -0.448 e. The maximum atomic E-state index is 13.6. The summed E-state index contributed by atoms with van der Waals surface area (Å²) in [4.78, 5) is 0. The Kier molecular flexibility index (Phi) is 4.11. The van der Waals surface area contributed by atoms with E-state index >= 15 is 0 Å². The van der Waals surface area contributed by atoms with Crippen molar-refractivity contribution in [2.45, 2.75) is 26.5 Å². The molecule has 4 nitrogen and oxygen atoms in total. The molecule has 0 bridgehead atoms. The molecule has 1 aromatic heterocycles. The first-order chi connectivity index (χ1) is 9.13. The summed E-state index contributed by atoms with van der Waals surface area (Å²) in [5.74, 6) is -1.93. The van der Waals surface area contributed by atoms with E-state index in [9.17, 15) is 8.78 Å². The zero-order valence-corrected chi connectivity index (χ0v) is 10.4. The van der Waals surface area contributed by atoms with Gasteiger partial charge in [0.2, 0.25) is 0 Å². The van der Waals surface area contributed by atoms with E-state index in [-0.39, 0.29) is 11.3 Å². The standard InChI is InChI=1S/C13H14F2N2O2/c1-2-3-17-7-10(6-16-17)19-13-11(14)4-9(8-18)5-12(13)15/h4-7,18H,2-3,8H2,1H3. The van der Waals surface area contributed by atoms with Gasteiger partial charge < -0.3 is 9.84 Å². The summed E-state index contributed by atoms with van der Waals surface area (Å²) >= 11 is 0. The maximum Gasteiger partial charge on any atom is 0.198 e. The molecular formula is C13H14F2N2O2. The Morgan fingerprint density at radius 2 is 2.00 bits per heavy atom. The fraction of sp³-hybridized carbons (Fsp3) is 0.308. The lowest BCUT2D eigenvalue weighted by molar-refractivity contribution is 0.279. The van der Waals surface area contributed by atoms with Crippen LogP contribution in [0.4, 0.5) is 8.78 Å². The molecule has 0 aliphatic rings. The molecule has 2 rings (SSSR count). The number of halogens is 2. The van der Waals surface area contributed by atoms with Gasteiger partial charge in [0.1, 0.15) is 0 Å². The van der Waals surface area contributed by atoms with Gasteiger partial charge in [-0.3, -0.25) is 4.68 Å². The number of benzene rings is 1. The second kappa shape index (κ2) is 5.79. The SMILES string of the molecule is CCCn1cc(Oc2c(F)cc(CO)cc2F)cn1. The van der Waals surface area contributed by atoms with Gasteiger partial charge in [-0.1, -0.05) is 6.92 Å². The average Bonchev–Trinajstić information content (AvgIpc) is 2.81. The molecule has 0 saturated carbocycles. The lowest BCUT2D eigenvalue weighted by Gasteiger charge is -2.07. The third kappa shape index (κ3) is 3.08. The summed E-state index contributed by atoms with van der Waals surface area (Å²) in [6.45, 7) is 2.27. The van der Waals surface area contributed by atoms with Crippen LogP contribution in [0.1, 0.15) is 18.9 Å². The van der Waals surface area contributed by atoms with E-state index in [4.69, 9.17) is 9.84 Å². The van der Waals surface area contributed by atoms with Gasteiger partial charge in [0, 0.05) is 6.54 Å². The van der Waals surface area contributed by atoms with E-state index in [1.54, 1.807) is 10.9 Å². The van der Waals surface area contributed by atoms with Gasteiger partial charge in [0.05, 0.1) is 19.0 Å². The molecule has 6 heteroatoms. The maximum absolute atomic E-state index is 13.6. The number of hydrogen-bond donors (Lipinski definition) is 1. The Bertz CT molecular complexity index is 547. The number of aryl methyl sites for hydroxylation is 1. The smallest absolute Gasteiger partial charge is 0.198 e. The van der Waals surface area contributed by atoms with Gasteiger partial charge in [0.15, 0.2) is 23.1 Å². The van der Waals surface area contributed by atoms with Crippen molar-refractivity contribution >= 4 is 0 Å². The van der Waals surface area contributed by atoms with E-state index in [0.29, 0.717) is 6.54 Å². The predicted molar refractivity (Wildman–Crippen MR) is 64.9 cm³/mol. The summed E-state index contributed by atoms with van der Waals surface area (Å²) in [6, 6.07) is 2.07. The molecule has 102 valence electrons. The summed E-state index contributed by atoms with van der Waals surface area (Å²) in [5, 5.41) is 12.8. The summed E-state index contributed by atoms with van der Waals surface area (Å²) in [5.41, 5.74) is 0.157. The van der Waals surface area contributed by atoms with Crippen LogP contribution < -0.4 is 4.74 Å². The lowest BCUT2D eigenvalue weighted by Crippen LogP contribution is -1.96. The molecule has 1 aromatic carbocycles. The molecule has 0 aliphatic heterocycles. The number of aromatic nitrogens is 2. The third-order valence-corrected chi connectivity index (χ3v) is 2.52. The molecule has 0 radical (unpaired) electrons. The van der Waals surface area contributed by atoms with Crippen LogP contribution >= 0.6 is 0 Å². The molecular weight excluding hydrogens is 254 g/mol. The van der Waals surface area contributed by atoms with Gasteiger partial charge in [-0.25, -0.2) is 8.78 Å². The molecule has 0 fully saturated rings. The highest BCUT2D eigenvalue weighted by Gasteiger charge is 2.14. The fourth-order valence-electron chi connectivity index (χ4n) is 1.67. The van der Waals surface area contributed by atoms with Crippen molar-refractivity contribution in [2.75, 3.05) is 0 Å². The van der Waals surface area contributed by atoms with Crippen LogP contribution in [0, 0.1) is 11.6 Å². The van der Waals surface area contributed by atoms with Gasteiger partial charge in [0.25, 0.3) is 0 Å². The third-order valence-electron chi connectivity index (χ3n) is 2.52. The monoisotopic (exact) mass is 268 g/mol. The minimum atomic E-state index is -0.854. The van der Waals surface area contributed by atoms with Crippen LogP contribution in [-0.4, -0.2) is 14.9 Å². The molecule has 0 saturated heterocycles. The molecule has 0 amide bonds. The van der Waals surface area contributed by atoms with E-state index in [1.807, 2.05) is 6.92 Å². The number of aliphatic hydroxyl groups excluding tert-OH is 1. The van der Waals surface area contributed by atoms with Crippen molar-refractivity contribution in [1.29, 1.82) is 0 Å². The highest BCUT2D eigenvalue weighted by molar-refractivity contribution is 5.34. The quantitative estimate of drug-likeness (QED) is 0.907. The number of aliphatic hydroxyl groups is 1. The zero-order valence-electron chi connectivity index (χ0n) is 10.4. The number of hydrogen-bond acceptors (Lipinski definition) is 3. The Hall–Kier alpha value is -1.95. The molecule has 0 atom stereocenters. The molecule has 1 N–H and O–H groups in total. The number of rotatable bonds is 5. The van der Waals surface area contributed by atoms with Crippen molar-refractivity contribution < 1.29 is 18.6 Å². The van der Waals surface area contributed by atoms with Crippen molar-refractivity contribution in [3.8, 4) is 11.5 Å². The van der Waals surface area contributed by atoms with E-state index < -0.39 is 24.0 Å². The fourth-order valence-corrected chi connectivity index (χ4v) is 1.67. The van der Waals surface area contributed by atoms with E-state index in [2.05, 4.69) is 5.10 Å². The summed E-state index contributed by atoms with van der Waals surface area (Å²) in [7, 11) is 0. The minimum absolute atomic E-state index is 0.157. The molecule has 2 aromatic rings. The Morgan fingerprint density at radius 3 is 2.58 bits per heavy atom. The highest BCUT2D eigenvalue weighted by Crippen LogP contribution is 2.28. The molecule has 0 unspecified atom stereocenters. The first-order valence-corrected chi connectivity index (χ1v) is 5.93. The first kappa shape index (κ1) is 13.5. The van der Waals surface area contributed by atoms with Crippen molar-refractivity contribution in [3.63, 3.8) is 0 Å². The van der Waals surface area contributed by atoms with Gasteiger partial charge in [-0.05, 0) is 24.1 Å². The van der Waals surface area contributed by atoms with Gasteiger partial charge in [-0.2, -0.15) is 5.10 Å². The van der Waals surface area contributed by atoms with Crippen LogP contribution in [0.15, 0.2) is 24.5 Å². The second-order valence-electron chi connectivity index (χ2n) is 4.09. The van der Waals surface area contributed by atoms with E-state index in [0.717, 1.165) is 18.6 Å². The van der Waals surface area contributed by atoms with Crippen molar-refractivity contribution in [3.05, 3.63) is 41.7 Å². The topological polar surface area (TPSA) is 47.3 Å². The van der Waals surface area contributed by atoms with Crippen LogP contribution in [0.3, 0.4) is 0 Å². The largest absolute Gasteiger partial charge is 0.448 e. The Labute approximate surface area is 109 Å². The zero-order chi connectivity index (χ0) is 13.8. The highest BCUT2D eigenvalue weighted by atomic mass is 19.1. The van der Waals surface area contributed by atoms with Crippen LogP contribution in [0.5, 0.6) is 11.5 Å². The first-order valence-electron chi connectivity index (χ1n) is 5.93.